The summed E-state index contributed by atoms with van der Waals surface area (Å²) in [4.78, 5) is 1.87. The number of rotatable bonds is 3. The molecule has 0 aromatic heterocycles. The number of nitrogens with one attached hydrogen (secondary N) is 1. The minimum absolute atomic E-state index is 0.0366. The van der Waals surface area contributed by atoms with Crippen LogP contribution in [0.2, 0.25) is 0 Å². The summed E-state index contributed by atoms with van der Waals surface area (Å²) in [6.45, 7) is 2.59. The fraction of sp³-hybridized carbons (Fsp3) is 0.462. The summed E-state index contributed by atoms with van der Waals surface area (Å²) in [6.07, 6.45) is 1.26. The molecule has 0 radical (unpaired) electrons. The zero-order valence-electron chi connectivity index (χ0n) is 11.6. The highest BCUT2D eigenvalue weighted by Gasteiger charge is 2.32. The smallest absolute Gasteiger partial charge is 0.169 e. The SMILES string of the molecule is Cc1ccc(C(=N)N)c(N2CCSCC2S(C)(=O)=O)c1. The predicted molar refractivity (Wildman–Crippen MR) is 85.5 cm³/mol. The second kappa shape index (κ2) is 5.65. The number of nitrogens with two attached hydrogens (primary N) is 1. The molecular weight excluding hydrogens is 294 g/mol. The normalized spacial score (nSPS) is 19.9. The first-order valence-electron chi connectivity index (χ1n) is 6.29. The van der Waals surface area contributed by atoms with E-state index in [-0.39, 0.29) is 5.84 Å². The van der Waals surface area contributed by atoms with Crippen LogP contribution < -0.4 is 10.6 Å². The minimum atomic E-state index is -3.18. The Kier molecular flexibility index (Phi) is 4.29. The lowest BCUT2D eigenvalue weighted by Crippen LogP contribution is -2.47. The summed E-state index contributed by atoms with van der Waals surface area (Å²) in [5.41, 5.74) is 7.99. The van der Waals surface area contributed by atoms with Crippen LogP contribution in [0.1, 0.15) is 11.1 Å². The molecule has 0 spiro atoms. The van der Waals surface area contributed by atoms with E-state index in [1.165, 1.54) is 6.26 Å². The first-order chi connectivity index (χ1) is 9.30. The van der Waals surface area contributed by atoms with Gasteiger partial charge in [0.15, 0.2) is 9.84 Å². The minimum Gasteiger partial charge on any atom is -0.384 e. The predicted octanol–water partition coefficient (Wildman–Crippen LogP) is 1.20. The third-order valence-electron chi connectivity index (χ3n) is 3.33. The first-order valence-corrected chi connectivity index (χ1v) is 9.40. The maximum atomic E-state index is 12.0. The number of nitrogen functional groups attached to an aromatic ring is 1. The van der Waals surface area contributed by atoms with Crippen molar-refractivity contribution < 1.29 is 8.42 Å². The number of aryl methyl sites for hydroxylation is 1. The van der Waals surface area contributed by atoms with E-state index in [9.17, 15) is 8.42 Å². The van der Waals surface area contributed by atoms with Gasteiger partial charge in [0.2, 0.25) is 0 Å². The molecule has 1 unspecified atom stereocenters. The van der Waals surface area contributed by atoms with Gasteiger partial charge in [-0.2, -0.15) is 11.8 Å². The molecule has 1 atom stereocenters. The number of thioether (sulfide) groups is 1. The summed E-state index contributed by atoms with van der Waals surface area (Å²) in [5, 5.41) is 7.13. The van der Waals surface area contributed by atoms with E-state index in [4.69, 9.17) is 11.1 Å². The molecule has 1 aliphatic heterocycles. The van der Waals surface area contributed by atoms with E-state index in [1.54, 1.807) is 17.8 Å². The molecule has 7 heteroatoms. The molecule has 3 N–H and O–H groups in total. The summed E-state index contributed by atoms with van der Waals surface area (Å²) in [5.74, 6) is 1.38. The van der Waals surface area contributed by atoms with E-state index in [0.717, 1.165) is 17.0 Å². The van der Waals surface area contributed by atoms with Gasteiger partial charge in [0.25, 0.3) is 0 Å². The summed E-state index contributed by atoms with van der Waals surface area (Å²) in [7, 11) is -3.18. The topological polar surface area (TPSA) is 87.2 Å². The van der Waals surface area contributed by atoms with Crippen LogP contribution in [-0.4, -0.2) is 43.9 Å². The molecule has 1 aliphatic rings. The van der Waals surface area contributed by atoms with E-state index >= 15 is 0 Å². The van der Waals surface area contributed by atoms with Crippen molar-refractivity contribution in [3.8, 4) is 0 Å². The molecule has 20 heavy (non-hydrogen) atoms. The lowest BCUT2D eigenvalue weighted by molar-refractivity contribution is 0.584. The van der Waals surface area contributed by atoms with Crippen LogP contribution >= 0.6 is 11.8 Å². The Balaban J connectivity index is 2.52. The van der Waals surface area contributed by atoms with Crippen LogP contribution in [0.25, 0.3) is 0 Å². The lowest BCUT2D eigenvalue weighted by atomic mass is 10.1. The number of nitrogens with zero attached hydrogens (tertiary/aromatic N) is 1. The average molecular weight is 313 g/mol. The lowest BCUT2D eigenvalue weighted by Gasteiger charge is -2.37. The summed E-state index contributed by atoms with van der Waals surface area (Å²) >= 11 is 1.64. The van der Waals surface area contributed by atoms with Crippen molar-refractivity contribution in [2.24, 2.45) is 5.73 Å². The third kappa shape index (κ3) is 3.09. The van der Waals surface area contributed by atoms with Gasteiger partial charge >= 0.3 is 0 Å². The maximum Gasteiger partial charge on any atom is 0.169 e. The quantitative estimate of drug-likeness (QED) is 0.647. The van der Waals surface area contributed by atoms with E-state index < -0.39 is 15.2 Å². The van der Waals surface area contributed by atoms with Gasteiger partial charge in [-0.1, -0.05) is 6.07 Å². The molecule has 2 rings (SSSR count). The molecule has 1 aromatic rings. The first kappa shape index (κ1) is 15.2. The third-order valence-corrected chi connectivity index (χ3v) is 5.97. The molecule has 110 valence electrons. The average Bonchev–Trinajstić information content (AvgIpc) is 2.37. The molecule has 0 bridgehead atoms. The van der Waals surface area contributed by atoms with Crippen LogP contribution in [0.15, 0.2) is 18.2 Å². The zero-order valence-corrected chi connectivity index (χ0v) is 13.2. The zero-order chi connectivity index (χ0) is 14.9. The van der Waals surface area contributed by atoms with Crippen molar-refractivity contribution in [2.45, 2.75) is 12.3 Å². The van der Waals surface area contributed by atoms with Crippen LogP contribution in [-0.2, 0) is 9.84 Å². The maximum absolute atomic E-state index is 12.0. The Hall–Kier alpha value is -1.21. The van der Waals surface area contributed by atoms with Crippen molar-refractivity contribution in [3.05, 3.63) is 29.3 Å². The molecule has 0 saturated carbocycles. The second-order valence-electron chi connectivity index (χ2n) is 4.99. The van der Waals surface area contributed by atoms with Crippen molar-refractivity contribution in [1.82, 2.24) is 0 Å². The Bertz CT molecular complexity index is 629. The molecular formula is C13H19N3O2S2. The van der Waals surface area contributed by atoms with Crippen LogP contribution in [0, 0.1) is 12.3 Å². The van der Waals surface area contributed by atoms with Crippen LogP contribution in [0.3, 0.4) is 0 Å². The Labute approximate surface area is 124 Å². The van der Waals surface area contributed by atoms with Gasteiger partial charge < -0.3 is 10.6 Å². The summed E-state index contributed by atoms with van der Waals surface area (Å²) in [6, 6.07) is 5.58. The van der Waals surface area contributed by atoms with Gasteiger partial charge in [-0.25, -0.2) is 8.42 Å². The Morgan fingerprint density at radius 3 is 2.80 bits per heavy atom. The highest BCUT2D eigenvalue weighted by molar-refractivity contribution is 8.01. The molecule has 1 heterocycles. The molecule has 0 aliphatic carbocycles. The van der Waals surface area contributed by atoms with Gasteiger partial charge in [0, 0.05) is 35.6 Å². The van der Waals surface area contributed by atoms with Gasteiger partial charge in [-0.05, 0) is 24.6 Å². The molecule has 1 fully saturated rings. The van der Waals surface area contributed by atoms with Crippen molar-refractivity contribution in [2.75, 3.05) is 29.2 Å². The fourth-order valence-electron chi connectivity index (χ4n) is 2.32. The van der Waals surface area contributed by atoms with Crippen molar-refractivity contribution >= 4 is 33.1 Å². The van der Waals surface area contributed by atoms with E-state index in [0.29, 0.717) is 17.9 Å². The van der Waals surface area contributed by atoms with Gasteiger partial charge in [0.05, 0.1) is 0 Å². The van der Waals surface area contributed by atoms with Gasteiger partial charge in [0.1, 0.15) is 11.2 Å². The highest BCUT2D eigenvalue weighted by Crippen LogP contribution is 2.30. The molecule has 1 saturated heterocycles. The largest absolute Gasteiger partial charge is 0.384 e. The van der Waals surface area contributed by atoms with E-state index in [1.807, 2.05) is 24.0 Å². The van der Waals surface area contributed by atoms with Crippen molar-refractivity contribution in [3.63, 3.8) is 0 Å². The Morgan fingerprint density at radius 2 is 2.20 bits per heavy atom. The molecule has 0 amide bonds. The fourth-order valence-corrected chi connectivity index (χ4v) is 5.15. The standard InChI is InChI=1S/C13H19N3O2S2/c1-9-3-4-10(13(14)15)11(7-9)16-5-6-19-8-12(16)20(2,17)18/h3-4,7,12H,5-6,8H2,1-2H3,(H3,14,15). The van der Waals surface area contributed by atoms with E-state index in [2.05, 4.69) is 0 Å². The Morgan fingerprint density at radius 1 is 1.50 bits per heavy atom. The van der Waals surface area contributed by atoms with Gasteiger partial charge in [-0.15, -0.1) is 0 Å². The monoisotopic (exact) mass is 313 g/mol. The van der Waals surface area contributed by atoms with Gasteiger partial charge in [-0.3, -0.25) is 5.41 Å². The number of hydrogen-bond donors (Lipinski definition) is 2. The number of sulfone groups is 1. The molecule has 5 nitrogen and oxygen atoms in total. The van der Waals surface area contributed by atoms with Crippen LogP contribution in [0.4, 0.5) is 5.69 Å². The number of amidine groups is 1. The second-order valence-corrected chi connectivity index (χ2v) is 8.34. The van der Waals surface area contributed by atoms with Crippen LogP contribution in [0.5, 0.6) is 0 Å². The summed E-state index contributed by atoms with van der Waals surface area (Å²) < 4.78 is 24.0. The number of benzene rings is 1. The highest BCUT2D eigenvalue weighted by atomic mass is 32.2. The molecule has 1 aromatic carbocycles. The number of anilines is 1. The number of hydrogen-bond acceptors (Lipinski definition) is 5. The van der Waals surface area contributed by atoms with Crippen molar-refractivity contribution in [1.29, 1.82) is 5.41 Å².